The second-order valence-corrected chi connectivity index (χ2v) is 10.6. The zero-order valence-electron chi connectivity index (χ0n) is 24.0. The van der Waals surface area contributed by atoms with Gasteiger partial charge in [0.25, 0.3) is 0 Å². The number of benzene rings is 2. The van der Waals surface area contributed by atoms with Crippen LogP contribution in [0, 0.1) is 5.92 Å². The molecule has 0 N–H and O–H groups in total. The molecule has 2 aromatic carbocycles. The van der Waals surface area contributed by atoms with Gasteiger partial charge in [-0.2, -0.15) is 0 Å². The summed E-state index contributed by atoms with van der Waals surface area (Å²) in [5, 5.41) is 0. The molecule has 8 nitrogen and oxygen atoms in total. The molecule has 41 heavy (non-hydrogen) atoms. The van der Waals surface area contributed by atoms with Crippen LogP contribution in [-0.2, 0) is 39.9 Å². The Hall–Kier alpha value is -3.33. The van der Waals surface area contributed by atoms with E-state index in [4.69, 9.17) is 18.9 Å². The normalized spacial score (nSPS) is 22.1. The van der Waals surface area contributed by atoms with E-state index in [1.807, 2.05) is 24.3 Å². The van der Waals surface area contributed by atoms with Crippen molar-refractivity contribution in [3.05, 3.63) is 72.3 Å². The summed E-state index contributed by atoms with van der Waals surface area (Å²) in [4.78, 5) is 38.4. The number of ether oxygens (including phenoxy) is 4. The lowest BCUT2D eigenvalue weighted by atomic mass is 9.93. The van der Waals surface area contributed by atoms with Crippen molar-refractivity contribution in [3.63, 3.8) is 0 Å². The van der Waals surface area contributed by atoms with Crippen LogP contribution in [0.2, 0.25) is 0 Å². The van der Waals surface area contributed by atoms with E-state index >= 15 is 0 Å². The molecule has 1 aliphatic heterocycles. The highest BCUT2D eigenvalue weighted by Gasteiger charge is 2.45. The number of esters is 2. The number of rotatable bonds is 13. The molecule has 220 valence electrons. The highest BCUT2D eigenvalue weighted by atomic mass is 16.7. The topological polar surface area (TPSA) is 91.4 Å². The summed E-state index contributed by atoms with van der Waals surface area (Å²) >= 11 is 0. The Morgan fingerprint density at radius 2 is 1.66 bits per heavy atom. The molecule has 2 aliphatic rings. The summed E-state index contributed by atoms with van der Waals surface area (Å²) < 4.78 is 21.8. The summed E-state index contributed by atoms with van der Waals surface area (Å²) in [5.41, 5.74) is 3.42. The molecular weight excluding hydrogens is 522 g/mol. The van der Waals surface area contributed by atoms with Gasteiger partial charge in [0.05, 0.1) is 32.0 Å². The zero-order valence-corrected chi connectivity index (χ0v) is 24.0. The fraction of sp³-hybridized carbons (Fsp3) is 0.485. The second-order valence-electron chi connectivity index (χ2n) is 10.6. The monoisotopic (exact) mass is 563 g/mol. The number of carbonyl (C=O) groups excluding carboxylic acids is 3. The van der Waals surface area contributed by atoms with Crippen LogP contribution in [0.1, 0.15) is 51.5 Å². The van der Waals surface area contributed by atoms with Crippen molar-refractivity contribution in [1.29, 1.82) is 0 Å². The van der Waals surface area contributed by atoms with Gasteiger partial charge in [0.15, 0.2) is 5.78 Å². The van der Waals surface area contributed by atoms with E-state index in [2.05, 4.69) is 47.4 Å². The predicted octanol–water partition coefficient (Wildman–Crippen LogP) is 5.10. The fourth-order valence-electron chi connectivity index (χ4n) is 5.62. The Kier molecular flexibility index (Phi) is 11.7. The molecule has 0 spiro atoms. The number of hydrogen-bond acceptors (Lipinski definition) is 8. The van der Waals surface area contributed by atoms with Crippen molar-refractivity contribution in [3.8, 4) is 11.1 Å². The van der Waals surface area contributed by atoms with Crippen LogP contribution >= 0.6 is 0 Å². The molecule has 8 heteroatoms. The molecule has 4 rings (SSSR count). The summed E-state index contributed by atoms with van der Waals surface area (Å²) in [6, 6.07) is 18.5. The van der Waals surface area contributed by atoms with Crippen LogP contribution in [-0.4, -0.2) is 67.4 Å². The van der Waals surface area contributed by atoms with Gasteiger partial charge in [-0.05, 0) is 36.0 Å². The largest absolute Gasteiger partial charge is 0.426 e. The first-order chi connectivity index (χ1) is 19.9. The molecule has 0 radical (unpaired) electrons. The smallest absolute Gasteiger partial charge is 0.309 e. The first-order valence-corrected chi connectivity index (χ1v) is 14.5. The van der Waals surface area contributed by atoms with E-state index in [-0.39, 0.29) is 30.3 Å². The van der Waals surface area contributed by atoms with Crippen molar-refractivity contribution in [2.24, 2.45) is 5.92 Å². The Balaban J connectivity index is 1.30. The zero-order chi connectivity index (χ0) is 29.0. The average molecular weight is 564 g/mol. The van der Waals surface area contributed by atoms with Crippen molar-refractivity contribution < 1.29 is 33.3 Å². The van der Waals surface area contributed by atoms with E-state index in [0.29, 0.717) is 32.7 Å². The van der Waals surface area contributed by atoms with E-state index in [1.54, 1.807) is 0 Å². The van der Waals surface area contributed by atoms with E-state index < -0.39 is 18.2 Å². The number of morpholine rings is 1. The number of allylic oxidation sites excluding steroid dienone is 2. The highest BCUT2D eigenvalue weighted by Crippen LogP contribution is 2.35. The van der Waals surface area contributed by atoms with Gasteiger partial charge >= 0.3 is 11.9 Å². The first kappa shape index (κ1) is 30.6. The lowest BCUT2D eigenvalue weighted by Gasteiger charge is -2.35. The number of Topliss-reactive ketones (excluding diaryl/α,β-unsaturated/α-hetero) is 1. The van der Waals surface area contributed by atoms with E-state index in [9.17, 15) is 14.4 Å². The lowest BCUT2D eigenvalue weighted by molar-refractivity contribution is -0.182. The Morgan fingerprint density at radius 3 is 2.37 bits per heavy atom. The van der Waals surface area contributed by atoms with Gasteiger partial charge in [-0.3, -0.25) is 19.3 Å². The average Bonchev–Trinajstić information content (AvgIpc) is 3.29. The van der Waals surface area contributed by atoms with Gasteiger partial charge in [0.1, 0.15) is 0 Å². The minimum absolute atomic E-state index is 0.0865. The molecule has 0 amide bonds. The quantitative estimate of drug-likeness (QED) is 0.189. The molecule has 0 aromatic heterocycles. The van der Waals surface area contributed by atoms with Crippen molar-refractivity contribution in [2.75, 3.05) is 26.3 Å². The third kappa shape index (κ3) is 9.35. The van der Waals surface area contributed by atoms with Crippen LogP contribution in [0.5, 0.6) is 0 Å². The Labute approximate surface area is 242 Å². The van der Waals surface area contributed by atoms with Crippen LogP contribution in [0.15, 0.2) is 66.7 Å². The van der Waals surface area contributed by atoms with Crippen LogP contribution in [0.4, 0.5) is 0 Å². The number of hydrogen-bond donors (Lipinski definition) is 0. The minimum Gasteiger partial charge on any atom is -0.426 e. The lowest BCUT2D eigenvalue weighted by Crippen LogP contribution is -2.49. The van der Waals surface area contributed by atoms with Gasteiger partial charge < -0.3 is 18.9 Å². The fourth-order valence-corrected chi connectivity index (χ4v) is 5.62. The van der Waals surface area contributed by atoms with Crippen LogP contribution < -0.4 is 0 Å². The number of carbonyl (C=O) groups is 3. The maximum atomic E-state index is 13.2. The van der Waals surface area contributed by atoms with Gasteiger partial charge in [-0.25, -0.2) is 0 Å². The molecule has 1 heterocycles. The second kappa shape index (κ2) is 15.6. The van der Waals surface area contributed by atoms with Crippen molar-refractivity contribution >= 4 is 17.7 Å². The molecular formula is C33H41NO7. The van der Waals surface area contributed by atoms with Gasteiger partial charge in [-0.1, -0.05) is 66.7 Å². The third-order valence-electron chi connectivity index (χ3n) is 7.56. The number of ketones is 1. The third-order valence-corrected chi connectivity index (χ3v) is 7.56. The molecule has 1 saturated heterocycles. The van der Waals surface area contributed by atoms with Crippen LogP contribution in [0.3, 0.4) is 0 Å². The molecule has 1 aliphatic carbocycles. The predicted molar refractivity (Wildman–Crippen MR) is 155 cm³/mol. The molecule has 1 saturated carbocycles. The maximum absolute atomic E-state index is 13.2. The molecule has 2 fully saturated rings. The SMILES string of the molecule is CC(=O)O[C@H](C)OC(=O)CC/C=C\CCC1[C@@H](OCc2ccc(-c3ccccc3)cc2)CC(=O)[C@@H]1N1CCOCC1. The molecule has 1 unspecified atom stereocenters. The minimum atomic E-state index is -0.889. The number of nitrogens with zero attached hydrogens (tertiary/aromatic N) is 1. The van der Waals surface area contributed by atoms with Crippen LogP contribution in [0.25, 0.3) is 11.1 Å². The Bertz CT molecular complexity index is 1160. The van der Waals surface area contributed by atoms with Crippen molar-refractivity contribution in [2.45, 2.75) is 71.0 Å². The van der Waals surface area contributed by atoms with E-state index in [0.717, 1.165) is 37.1 Å². The summed E-state index contributed by atoms with van der Waals surface area (Å²) in [7, 11) is 0. The van der Waals surface area contributed by atoms with Gasteiger partial charge in [-0.15, -0.1) is 0 Å². The maximum Gasteiger partial charge on any atom is 0.309 e. The Morgan fingerprint density at radius 1 is 0.976 bits per heavy atom. The molecule has 4 atom stereocenters. The molecule has 2 aromatic rings. The first-order valence-electron chi connectivity index (χ1n) is 14.5. The summed E-state index contributed by atoms with van der Waals surface area (Å²) in [6.07, 6.45) is 5.74. The summed E-state index contributed by atoms with van der Waals surface area (Å²) in [5.74, 6) is -0.574. The van der Waals surface area contributed by atoms with Crippen molar-refractivity contribution in [1.82, 2.24) is 4.90 Å². The van der Waals surface area contributed by atoms with Gasteiger partial charge in [0.2, 0.25) is 6.29 Å². The van der Waals surface area contributed by atoms with Gasteiger partial charge in [0, 0.05) is 45.7 Å². The summed E-state index contributed by atoms with van der Waals surface area (Å²) in [6.45, 7) is 6.04. The van der Waals surface area contributed by atoms with E-state index in [1.165, 1.54) is 19.4 Å². The molecule has 0 bridgehead atoms. The standard InChI is InChI=1S/C33H41NO7/c1-24(35)40-25(2)41-32(37)13-9-4-3-8-12-29-31(22-30(36)33(29)34-18-20-38-21-19-34)39-23-26-14-16-28(17-15-26)27-10-6-5-7-11-27/h3-7,10-11,14-17,25,29,31,33H,8-9,12-13,18-23H2,1-2H3/b4-3-/t25-,29?,31-,33+/m0/s1. The highest BCUT2D eigenvalue weighted by molar-refractivity contribution is 5.87.